The molecule has 1 aromatic heterocycles. The Morgan fingerprint density at radius 1 is 1.39 bits per heavy atom. The molecule has 1 fully saturated rings. The van der Waals surface area contributed by atoms with Crippen LogP contribution < -0.4 is 16.2 Å². The smallest absolute Gasteiger partial charge is 0.275 e. The minimum absolute atomic E-state index is 0.168. The number of anilines is 1. The van der Waals surface area contributed by atoms with Crippen LogP contribution >= 0.6 is 11.3 Å². The predicted molar refractivity (Wildman–Crippen MR) is 64.5 cm³/mol. The van der Waals surface area contributed by atoms with E-state index in [4.69, 9.17) is 0 Å². The van der Waals surface area contributed by atoms with Gasteiger partial charge in [0.05, 0.1) is 0 Å². The van der Waals surface area contributed by atoms with Gasteiger partial charge in [0.1, 0.15) is 10.7 Å². The molecular weight excluding hydrogens is 254 g/mol. The minimum atomic E-state index is -0.325. The predicted octanol–water partition coefficient (Wildman–Crippen LogP) is 0.262. The molecule has 2 heterocycles. The lowest BCUT2D eigenvalue weighted by Gasteiger charge is -2.14. The molecule has 3 N–H and O–H groups in total. The molecule has 1 saturated carbocycles. The van der Waals surface area contributed by atoms with E-state index in [1.807, 2.05) is 0 Å². The second kappa shape index (κ2) is 4.37. The number of carbonyl (C=O) groups excluding carboxylic acids is 2. The molecule has 0 radical (unpaired) electrons. The van der Waals surface area contributed by atoms with Gasteiger partial charge in [0.25, 0.3) is 5.91 Å². The number of amides is 2. The van der Waals surface area contributed by atoms with Crippen molar-refractivity contribution in [3.8, 4) is 0 Å². The molecule has 0 aromatic carbocycles. The Kier molecular flexibility index (Phi) is 2.71. The fraction of sp³-hybridized carbons (Fsp3) is 0.400. The van der Waals surface area contributed by atoms with E-state index < -0.39 is 0 Å². The van der Waals surface area contributed by atoms with Gasteiger partial charge in [-0.15, -0.1) is 10.2 Å². The molecule has 0 unspecified atom stereocenters. The molecular formula is C10H11N5O2S. The number of rotatable bonds is 3. The first-order valence-electron chi connectivity index (χ1n) is 5.62. The van der Waals surface area contributed by atoms with E-state index in [0.717, 1.165) is 17.8 Å². The van der Waals surface area contributed by atoms with Crippen LogP contribution in [0.25, 0.3) is 0 Å². The highest BCUT2D eigenvalue weighted by molar-refractivity contribution is 7.15. The van der Waals surface area contributed by atoms with Crippen molar-refractivity contribution in [1.82, 2.24) is 21.0 Å². The summed E-state index contributed by atoms with van der Waals surface area (Å²) in [5.41, 5.74) is 5.24. The van der Waals surface area contributed by atoms with Crippen LogP contribution in [0.2, 0.25) is 0 Å². The lowest BCUT2D eigenvalue weighted by molar-refractivity contribution is -0.121. The maximum atomic E-state index is 11.8. The molecule has 1 aliphatic carbocycles. The van der Waals surface area contributed by atoms with Gasteiger partial charge < -0.3 is 0 Å². The molecule has 0 saturated heterocycles. The van der Waals surface area contributed by atoms with Crippen molar-refractivity contribution in [3.63, 3.8) is 0 Å². The zero-order valence-corrected chi connectivity index (χ0v) is 10.2. The van der Waals surface area contributed by atoms with E-state index in [0.29, 0.717) is 16.7 Å². The Morgan fingerprint density at radius 3 is 2.89 bits per heavy atom. The molecule has 2 aliphatic rings. The number of aromatic nitrogens is 2. The van der Waals surface area contributed by atoms with E-state index in [2.05, 4.69) is 26.4 Å². The van der Waals surface area contributed by atoms with Gasteiger partial charge in [-0.05, 0) is 18.9 Å². The van der Waals surface area contributed by atoms with Gasteiger partial charge in [-0.2, -0.15) is 0 Å². The molecule has 1 aliphatic heterocycles. The highest BCUT2D eigenvalue weighted by Crippen LogP contribution is 2.42. The maximum absolute atomic E-state index is 11.8. The summed E-state index contributed by atoms with van der Waals surface area (Å²) in [5.74, 6) is 0.0337. The van der Waals surface area contributed by atoms with Crippen LogP contribution in [0.5, 0.6) is 0 Å². The van der Waals surface area contributed by atoms with Crippen LogP contribution in [0.1, 0.15) is 30.2 Å². The maximum Gasteiger partial charge on any atom is 0.275 e. The monoisotopic (exact) mass is 265 g/mol. The Bertz CT molecular complexity index is 534. The Balaban J connectivity index is 1.64. The highest BCUT2D eigenvalue weighted by atomic mass is 32.1. The zero-order valence-electron chi connectivity index (χ0n) is 9.40. The quantitative estimate of drug-likeness (QED) is 0.728. The fourth-order valence-corrected chi connectivity index (χ4v) is 2.44. The number of hydrazine groups is 1. The zero-order chi connectivity index (χ0) is 12.5. The van der Waals surface area contributed by atoms with Crippen molar-refractivity contribution in [2.75, 3.05) is 5.32 Å². The lowest BCUT2D eigenvalue weighted by Crippen LogP contribution is -2.43. The van der Waals surface area contributed by atoms with Crippen LogP contribution in [0.15, 0.2) is 11.8 Å². The SMILES string of the molecule is O=C1CC=C(C(=O)Nc2nnc(C3CC3)s2)NN1. The number of nitrogens with one attached hydrogen (secondary N) is 3. The van der Waals surface area contributed by atoms with Crippen molar-refractivity contribution in [1.29, 1.82) is 0 Å². The first-order valence-corrected chi connectivity index (χ1v) is 6.44. The topological polar surface area (TPSA) is 96.0 Å². The third kappa shape index (κ3) is 2.33. The minimum Gasteiger partial charge on any atom is -0.295 e. The van der Waals surface area contributed by atoms with Crippen molar-refractivity contribution in [2.24, 2.45) is 0 Å². The summed E-state index contributed by atoms with van der Waals surface area (Å²) in [6.45, 7) is 0. The molecule has 8 heteroatoms. The van der Waals surface area contributed by atoms with Gasteiger partial charge in [-0.3, -0.25) is 25.8 Å². The van der Waals surface area contributed by atoms with Gasteiger partial charge in [0, 0.05) is 12.3 Å². The Morgan fingerprint density at radius 2 is 2.22 bits per heavy atom. The lowest BCUT2D eigenvalue weighted by atomic mass is 10.3. The van der Waals surface area contributed by atoms with Crippen LogP contribution in [-0.2, 0) is 9.59 Å². The van der Waals surface area contributed by atoms with Crippen LogP contribution in [0.4, 0.5) is 5.13 Å². The third-order valence-electron chi connectivity index (χ3n) is 2.66. The van der Waals surface area contributed by atoms with E-state index in [1.54, 1.807) is 0 Å². The van der Waals surface area contributed by atoms with E-state index in [1.165, 1.54) is 17.4 Å². The number of carbonyl (C=O) groups is 2. The number of hydrogen-bond acceptors (Lipinski definition) is 6. The van der Waals surface area contributed by atoms with Gasteiger partial charge in [-0.25, -0.2) is 0 Å². The van der Waals surface area contributed by atoms with Crippen molar-refractivity contribution < 1.29 is 9.59 Å². The third-order valence-corrected chi connectivity index (χ3v) is 3.66. The molecule has 1 aromatic rings. The fourth-order valence-electron chi connectivity index (χ4n) is 1.53. The Labute approximate surface area is 107 Å². The largest absolute Gasteiger partial charge is 0.295 e. The van der Waals surface area contributed by atoms with Crippen LogP contribution in [0.3, 0.4) is 0 Å². The summed E-state index contributed by atoms with van der Waals surface area (Å²) >= 11 is 1.40. The summed E-state index contributed by atoms with van der Waals surface area (Å²) in [7, 11) is 0. The second-order valence-electron chi connectivity index (χ2n) is 4.17. The molecule has 7 nitrogen and oxygen atoms in total. The summed E-state index contributed by atoms with van der Waals surface area (Å²) in [6.07, 6.45) is 4.04. The van der Waals surface area contributed by atoms with E-state index in [9.17, 15) is 9.59 Å². The molecule has 0 spiro atoms. The second-order valence-corrected chi connectivity index (χ2v) is 5.18. The van der Waals surface area contributed by atoms with E-state index in [-0.39, 0.29) is 18.2 Å². The average Bonchev–Trinajstić information content (AvgIpc) is 3.11. The normalized spacial score (nSPS) is 18.7. The van der Waals surface area contributed by atoms with Crippen LogP contribution in [-0.4, -0.2) is 22.0 Å². The van der Waals surface area contributed by atoms with Crippen molar-refractivity contribution >= 4 is 28.3 Å². The molecule has 0 atom stereocenters. The van der Waals surface area contributed by atoms with Gasteiger partial charge in [0.15, 0.2) is 0 Å². The first-order chi connectivity index (χ1) is 8.72. The molecule has 0 bridgehead atoms. The molecule has 94 valence electrons. The summed E-state index contributed by atoms with van der Waals surface area (Å²) in [6, 6.07) is 0. The number of hydrogen-bond donors (Lipinski definition) is 3. The van der Waals surface area contributed by atoms with Gasteiger partial charge in [-0.1, -0.05) is 11.3 Å². The summed E-state index contributed by atoms with van der Waals surface area (Å²) < 4.78 is 0. The first kappa shape index (κ1) is 11.1. The summed E-state index contributed by atoms with van der Waals surface area (Å²) in [4.78, 5) is 22.7. The van der Waals surface area contributed by atoms with Crippen LogP contribution in [0, 0.1) is 0 Å². The Hall–Kier alpha value is -1.96. The van der Waals surface area contributed by atoms with Gasteiger partial charge >= 0.3 is 0 Å². The van der Waals surface area contributed by atoms with Crippen molar-refractivity contribution in [2.45, 2.75) is 25.2 Å². The molecule has 2 amide bonds. The highest BCUT2D eigenvalue weighted by Gasteiger charge is 2.28. The number of nitrogens with zero attached hydrogens (tertiary/aromatic N) is 2. The molecule has 18 heavy (non-hydrogen) atoms. The van der Waals surface area contributed by atoms with Gasteiger partial charge in [0.2, 0.25) is 11.0 Å². The van der Waals surface area contributed by atoms with Crippen molar-refractivity contribution in [3.05, 3.63) is 16.8 Å². The summed E-state index contributed by atoms with van der Waals surface area (Å²) in [5, 5.41) is 12.1. The average molecular weight is 265 g/mol. The van der Waals surface area contributed by atoms with E-state index >= 15 is 0 Å². The molecule has 3 rings (SSSR count). The standard InChI is InChI=1S/C10H11N5O2S/c16-7-4-3-6(12-13-7)8(17)11-10-15-14-9(18-10)5-1-2-5/h3,5,12H,1-2,4H2,(H,13,16)(H,11,15,17).